The predicted molar refractivity (Wildman–Crippen MR) is 43.4 cm³/mol. The smallest absolute Gasteiger partial charge is 0.253 e. The third-order valence-corrected chi connectivity index (χ3v) is 1.87. The zero-order chi connectivity index (χ0) is 10.7. The highest BCUT2D eigenvalue weighted by Crippen LogP contribution is 2.24. The number of alkyl halides is 3. The molecule has 0 aliphatic rings. The molecule has 14 heavy (non-hydrogen) atoms. The Morgan fingerprint density at radius 3 is 2.64 bits per heavy atom. The molecule has 6 heteroatoms. The minimum Gasteiger partial charge on any atom is -0.253 e. The summed E-state index contributed by atoms with van der Waals surface area (Å²) in [6.45, 7) is 0. The van der Waals surface area contributed by atoms with Crippen LogP contribution in [0.1, 0.15) is 23.2 Å². The summed E-state index contributed by atoms with van der Waals surface area (Å²) in [6.07, 6.45) is -2.06. The Hall–Kier alpha value is -1.28. The van der Waals surface area contributed by atoms with Crippen molar-refractivity contribution in [1.29, 1.82) is 5.26 Å². The van der Waals surface area contributed by atoms with Gasteiger partial charge in [0.05, 0.1) is 5.88 Å². The molecule has 0 atom stereocenters. The van der Waals surface area contributed by atoms with Crippen LogP contribution in [0.4, 0.5) is 13.2 Å². The van der Waals surface area contributed by atoms with Crippen molar-refractivity contribution in [3.05, 3.63) is 28.8 Å². The third kappa shape index (κ3) is 1.80. The molecule has 0 saturated heterocycles. The minimum atomic E-state index is -2.97. The maximum absolute atomic E-state index is 13.2. The van der Waals surface area contributed by atoms with Crippen molar-refractivity contribution < 1.29 is 13.2 Å². The average Bonchev–Trinajstić information content (AvgIpc) is 2.17. The number of nitrogens with zero attached hydrogens (tertiary/aromatic N) is 2. The van der Waals surface area contributed by atoms with Crippen LogP contribution in [-0.4, -0.2) is 4.98 Å². The molecule has 0 bridgehead atoms. The van der Waals surface area contributed by atoms with Gasteiger partial charge < -0.3 is 0 Å². The van der Waals surface area contributed by atoms with Gasteiger partial charge in [0.15, 0.2) is 0 Å². The zero-order valence-electron chi connectivity index (χ0n) is 6.77. The van der Waals surface area contributed by atoms with E-state index >= 15 is 0 Å². The summed E-state index contributed by atoms with van der Waals surface area (Å²) in [4.78, 5) is 3.28. The van der Waals surface area contributed by atoms with Crippen LogP contribution in [0.2, 0.25) is 0 Å². The van der Waals surface area contributed by atoms with E-state index < -0.39 is 23.5 Å². The second-order valence-corrected chi connectivity index (χ2v) is 2.67. The van der Waals surface area contributed by atoms with Gasteiger partial charge in [0, 0.05) is 11.8 Å². The van der Waals surface area contributed by atoms with Gasteiger partial charge in [-0.1, -0.05) is 0 Å². The molecule has 0 aliphatic carbocycles. The highest BCUT2D eigenvalue weighted by Gasteiger charge is 2.20. The van der Waals surface area contributed by atoms with Crippen molar-refractivity contribution in [2.24, 2.45) is 0 Å². The lowest BCUT2D eigenvalue weighted by Gasteiger charge is -2.04. The molecule has 0 amide bonds. The predicted octanol–water partition coefficient (Wildman–Crippen LogP) is 2.77. The Morgan fingerprint density at radius 1 is 1.57 bits per heavy atom. The molecule has 0 fully saturated rings. The maximum atomic E-state index is 13.2. The quantitative estimate of drug-likeness (QED) is 0.719. The highest BCUT2D eigenvalue weighted by molar-refractivity contribution is 6.17. The van der Waals surface area contributed by atoms with E-state index in [9.17, 15) is 13.2 Å². The number of rotatable bonds is 2. The lowest BCUT2D eigenvalue weighted by Crippen LogP contribution is -2.02. The first-order chi connectivity index (χ1) is 6.61. The molecular formula is C8H4ClF3N2. The van der Waals surface area contributed by atoms with Gasteiger partial charge in [0.1, 0.15) is 23.1 Å². The number of hydrogen-bond acceptors (Lipinski definition) is 2. The average molecular weight is 221 g/mol. The van der Waals surface area contributed by atoms with Gasteiger partial charge in [0.25, 0.3) is 6.43 Å². The molecule has 0 saturated carbocycles. The summed E-state index contributed by atoms with van der Waals surface area (Å²) < 4.78 is 37.6. The van der Waals surface area contributed by atoms with E-state index in [4.69, 9.17) is 16.9 Å². The SMILES string of the molecule is N#Cc1c(C(F)F)ncc(CCl)c1F. The molecule has 0 aliphatic heterocycles. The van der Waals surface area contributed by atoms with E-state index in [-0.39, 0.29) is 11.4 Å². The van der Waals surface area contributed by atoms with E-state index in [1.54, 1.807) is 0 Å². The highest BCUT2D eigenvalue weighted by atomic mass is 35.5. The zero-order valence-corrected chi connectivity index (χ0v) is 7.52. The standard InChI is InChI=1S/C8H4ClF3N2/c9-1-4-3-14-7(8(11)12)5(2-13)6(4)10/h3,8H,1H2. The largest absolute Gasteiger partial charge is 0.281 e. The van der Waals surface area contributed by atoms with Crippen LogP contribution in [0.5, 0.6) is 0 Å². The summed E-state index contributed by atoms with van der Waals surface area (Å²) in [5.41, 5.74) is -1.65. The summed E-state index contributed by atoms with van der Waals surface area (Å²) in [7, 11) is 0. The number of nitriles is 1. The molecule has 0 radical (unpaired) electrons. The van der Waals surface area contributed by atoms with Crippen LogP contribution in [0.15, 0.2) is 6.20 Å². The topological polar surface area (TPSA) is 36.7 Å². The van der Waals surface area contributed by atoms with Crippen LogP contribution in [0, 0.1) is 17.1 Å². The summed E-state index contributed by atoms with van der Waals surface area (Å²) >= 11 is 5.32. The van der Waals surface area contributed by atoms with Gasteiger partial charge in [-0.15, -0.1) is 11.6 Å². The van der Waals surface area contributed by atoms with Gasteiger partial charge in [-0.3, -0.25) is 4.98 Å². The Labute approximate surface area is 82.9 Å². The maximum Gasteiger partial charge on any atom is 0.281 e. The molecule has 1 rings (SSSR count). The molecule has 74 valence electrons. The molecule has 0 spiro atoms. The van der Waals surface area contributed by atoms with Crippen molar-refractivity contribution in [2.75, 3.05) is 0 Å². The van der Waals surface area contributed by atoms with E-state index in [2.05, 4.69) is 4.98 Å². The molecular weight excluding hydrogens is 217 g/mol. The number of pyridine rings is 1. The van der Waals surface area contributed by atoms with E-state index in [0.29, 0.717) is 0 Å². The molecule has 0 N–H and O–H groups in total. The molecule has 1 aromatic rings. The number of halogens is 4. The van der Waals surface area contributed by atoms with Gasteiger partial charge in [-0.25, -0.2) is 13.2 Å². The first kappa shape index (κ1) is 10.8. The van der Waals surface area contributed by atoms with Gasteiger partial charge in [0.2, 0.25) is 0 Å². The fraction of sp³-hybridized carbons (Fsp3) is 0.250. The van der Waals surface area contributed by atoms with Crippen molar-refractivity contribution in [3.63, 3.8) is 0 Å². The fourth-order valence-electron chi connectivity index (χ4n) is 0.907. The monoisotopic (exact) mass is 220 g/mol. The molecule has 0 aromatic carbocycles. The van der Waals surface area contributed by atoms with Gasteiger partial charge >= 0.3 is 0 Å². The summed E-state index contributed by atoms with van der Waals surface area (Å²) in [5, 5.41) is 8.46. The summed E-state index contributed by atoms with van der Waals surface area (Å²) in [5.74, 6) is -1.23. The minimum absolute atomic E-state index is 0.0624. The van der Waals surface area contributed by atoms with Crippen LogP contribution < -0.4 is 0 Å². The Bertz CT molecular complexity index is 387. The van der Waals surface area contributed by atoms with Crippen molar-refractivity contribution >= 4 is 11.6 Å². The molecule has 0 unspecified atom stereocenters. The lowest BCUT2D eigenvalue weighted by atomic mass is 10.1. The molecule has 1 heterocycles. The number of hydrogen-bond donors (Lipinski definition) is 0. The Morgan fingerprint density at radius 2 is 2.21 bits per heavy atom. The van der Waals surface area contributed by atoms with E-state index in [0.717, 1.165) is 6.20 Å². The van der Waals surface area contributed by atoms with Gasteiger partial charge in [-0.05, 0) is 0 Å². The lowest BCUT2D eigenvalue weighted by molar-refractivity contribution is 0.145. The van der Waals surface area contributed by atoms with Crippen LogP contribution in [0.25, 0.3) is 0 Å². The Kier molecular flexibility index (Phi) is 3.31. The Balaban J connectivity index is 3.38. The summed E-state index contributed by atoms with van der Waals surface area (Å²) in [6, 6.07) is 1.34. The van der Waals surface area contributed by atoms with E-state index in [1.165, 1.54) is 6.07 Å². The second kappa shape index (κ2) is 4.29. The van der Waals surface area contributed by atoms with Crippen molar-refractivity contribution in [1.82, 2.24) is 4.98 Å². The fourth-order valence-corrected chi connectivity index (χ4v) is 1.09. The van der Waals surface area contributed by atoms with Crippen molar-refractivity contribution in [3.8, 4) is 6.07 Å². The van der Waals surface area contributed by atoms with Crippen LogP contribution in [0.3, 0.4) is 0 Å². The van der Waals surface area contributed by atoms with E-state index in [1.807, 2.05) is 0 Å². The van der Waals surface area contributed by atoms with Crippen molar-refractivity contribution in [2.45, 2.75) is 12.3 Å². The van der Waals surface area contributed by atoms with Crippen LogP contribution in [-0.2, 0) is 5.88 Å². The normalized spacial score (nSPS) is 10.3. The molecule has 1 aromatic heterocycles. The second-order valence-electron chi connectivity index (χ2n) is 2.40. The van der Waals surface area contributed by atoms with Crippen LogP contribution >= 0.6 is 11.6 Å². The molecule has 2 nitrogen and oxygen atoms in total. The third-order valence-electron chi connectivity index (χ3n) is 1.58. The van der Waals surface area contributed by atoms with Gasteiger partial charge in [-0.2, -0.15) is 5.26 Å². The first-order valence-corrected chi connectivity index (χ1v) is 4.06. The number of aromatic nitrogens is 1. The first-order valence-electron chi connectivity index (χ1n) is 3.53.